The summed E-state index contributed by atoms with van der Waals surface area (Å²) in [6.45, 7) is 2.39. The molecule has 0 rings (SSSR count). The van der Waals surface area contributed by atoms with Crippen molar-refractivity contribution in [3.63, 3.8) is 0 Å². The van der Waals surface area contributed by atoms with Crippen LogP contribution in [0.2, 0.25) is 0 Å². The fourth-order valence-corrected chi connectivity index (χ4v) is 0.209. The van der Waals surface area contributed by atoms with Gasteiger partial charge in [-0.3, -0.25) is 0 Å². The highest BCUT2D eigenvalue weighted by Gasteiger charge is 2.27. The average molecular weight is 146 g/mol. The van der Waals surface area contributed by atoms with Crippen LogP contribution in [-0.2, 0) is 4.74 Å². The van der Waals surface area contributed by atoms with Gasteiger partial charge in [-0.1, -0.05) is 0 Å². The lowest BCUT2D eigenvalue weighted by molar-refractivity contribution is -0.155. The van der Waals surface area contributed by atoms with Crippen molar-refractivity contribution < 1.29 is 17.9 Å². The van der Waals surface area contributed by atoms with Crippen LogP contribution in [-0.4, -0.2) is 5.57 Å². The molecule has 0 atom stereocenters. The monoisotopic (exact) mass is 146 g/mol. The van der Waals surface area contributed by atoms with E-state index in [0.29, 0.717) is 0 Å². The minimum absolute atomic E-state index is 1.61. The van der Waals surface area contributed by atoms with Gasteiger partial charge in [0, 0.05) is 11.6 Å². The Labute approximate surface area is 48.7 Å². The highest BCUT2D eigenvalue weighted by molar-refractivity contribution is 6.20. The summed E-state index contributed by atoms with van der Waals surface area (Å²) in [5.41, 5.74) is -3.98. The Morgan fingerprint density at radius 1 is 1.62 bits per heavy atom. The molecule has 0 aliphatic carbocycles. The van der Waals surface area contributed by atoms with E-state index in [1.165, 1.54) is 0 Å². The van der Waals surface area contributed by atoms with Crippen LogP contribution in [0, 0.1) is 0 Å². The van der Waals surface area contributed by atoms with Crippen LogP contribution in [0.4, 0.5) is 13.2 Å². The topological polar surface area (TPSA) is 9.23 Å². The summed E-state index contributed by atoms with van der Waals surface area (Å²) >= 11 is 4.07. The van der Waals surface area contributed by atoms with E-state index in [9.17, 15) is 13.2 Å². The zero-order chi connectivity index (χ0) is 6.78. The molecule has 48 valence electrons. The molecule has 0 heterocycles. The SMILES string of the molecule is C=C(F)OC(F)(F)Cl. The predicted molar refractivity (Wildman–Crippen MR) is 22.1 cm³/mol. The fourth-order valence-electron chi connectivity index (χ4n) is 0.126. The molecule has 0 amide bonds. The third-order valence-corrected chi connectivity index (χ3v) is 0.304. The van der Waals surface area contributed by atoms with Crippen LogP contribution in [0.1, 0.15) is 0 Å². The number of hydrogen-bond acceptors (Lipinski definition) is 1. The Balaban J connectivity index is 3.55. The number of ether oxygens (including phenoxy) is 1. The molecule has 0 N–H and O–H groups in total. The van der Waals surface area contributed by atoms with Gasteiger partial charge in [-0.2, -0.15) is 4.39 Å². The number of rotatable bonds is 2. The molecule has 0 unspecified atom stereocenters. The summed E-state index contributed by atoms with van der Waals surface area (Å²) in [4.78, 5) is 0. The summed E-state index contributed by atoms with van der Waals surface area (Å²) in [5, 5.41) is 0. The summed E-state index contributed by atoms with van der Waals surface area (Å²) in [6, 6.07) is -1.61. The van der Waals surface area contributed by atoms with Crippen LogP contribution in [0.5, 0.6) is 0 Å². The van der Waals surface area contributed by atoms with E-state index >= 15 is 0 Å². The maximum Gasteiger partial charge on any atom is 0.489 e. The molecule has 0 aromatic rings. The van der Waals surface area contributed by atoms with Gasteiger partial charge in [0.05, 0.1) is 0 Å². The molecule has 0 aliphatic heterocycles. The second kappa shape index (κ2) is 2.26. The molecule has 0 saturated heterocycles. The van der Waals surface area contributed by atoms with E-state index in [0.717, 1.165) is 0 Å². The van der Waals surface area contributed by atoms with Gasteiger partial charge in [-0.05, 0) is 6.58 Å². The lowest BCUT2D eigenvalue weighted by atomic mass is 11.1. The maximum absolute atomic E-state index is 11.2. The Hall–Kier alpha value is -0.380. The Morgan fingerprint density at radius 3 is 2.00 bits per heavy atom. The third kappa shape index (κ3) is 5.62. The van der Waals surface area contributed by atoms with Gasteiger partial charge in [0.25, 0.3) is 6.01 Å². The number of halogens is 4. The van der Waals surface area contributed by atoms with Gasteiger partial charge in [0.15, 0.2) is 0 Å². The first-order chi connectivity index (χ1) is 3.42. The van der Waals surface area contributed by atoms with Gasteiger partial charge in [-0.15, -0.1) is 8.78 Å². The minimum Gasteiger partial charge on any atom is -0.394 e. The van der Waals surface area contributed by atoms with Crippen molar-refractivity contribution in [2.75, 3.05) is 0 Å². The van der Waals surface area contributed by atoms with Crippen LogP contribution in [0.3, 0.4) is 0 Å². The molecule has 0 aromatic heterocycles. The van der Waals surface area contributed by atoms with Gasteiger partial charge in [0.1, 0.15) is 0 Å². The van der Waals surface area contributed by atoms with Crippen molar-refractivity contribution in [3.05, 3.63) is 12.6 Å². The normalized spacial score (nSPS) is 11.0. The second-order valence-corrected chi connectivity index (χ2v) is 1.34. The Morgan fingerprint density at radius 2 is 2.00 bits per heavy atom. The molecule has 0 aliphatic rings. The van der Waals surface area contributed by atoms with Crippen molar-refractivity contribution in [1.82, 2.24) is 0 Å². The first kappa shape index (κ1) is 7.62. The molecule has 0 bridgehead atoms. The van der Waals surface area contributed by atoms with Crippen LogP contribution >= 0.6 is 11.6 Å². The average Bonchev–Trinajstić information content (AvgIpc) is 1.21. The zero-order valence-corrected chi connectivity index (χ0v) is 4.38. The highest BCUT2D eigenvalue weighted by atomic mass is 35.5. The van der Waals surface area contributed by atoms with E-state index < -0.39 is 11.6 Å². The highest BCUT2D eigenvalue weighted by Crippen LogP contribution is 2.23. The molecule has 0 fully saturated rings. The largest absolute Gasteiger partial charge is 0.489 e. The van der Waals surface area contributed by atoms with Crippen molar-refractivity contribution in [2.24, 2.45) is 0 Å². The Bertz CT molecular complexity index is 97.2. The van der Waals surface area contributed by atoms with E-state index in [1.54, 1.807) is 0 Å². The summed E-state index contributed by atoms with van der Waals surface area (Å²) in [7, 11) is 0. The molecule has 1 nitrogen and oxygen atoms in total. The molecular formula is C3H2ClF3O. The van der Waals surface area contributed by atoms with E-state index in [1.807, 2.05) is 0 Å². The van der Waals surface area contributed by atoms with E-state index in [4.69, 9.17) is 0 Å². The minimum atomic E-state index is -3.98. The smallest absolute Gasteiger partial charge is 0.394 e. The van der Waals surface area contributed by atoms with Crippen LogP contribution in [0.15, 0.2) is 12.6 Å². The fraction of sp³-hybridized carbons (Fsp3) is 0.333. The summed E-state index contributed by atoms with van der Waals surface area (Å²) in [5.74, 6) is 0. The molecule has 8 heavy (non-hydrogen) atoms. The predicted octanol–water partition coefficient (Wildman–Crippen LogP) is 2.23. The molecule has 5 heteroatoms. The van der Waals surface area contributed by atoms with Gasteiger partial charge in [0.2, 0.25) is 0 Å². The molecule has 0 saturated carbocycles. The molecule has 0 spiro atoms. The van der Waals surface area contributed by atoms with Gasteiger partial charge in [-0.25, -0.2) is 0 Å². The third-order valence-electron chi connectivity index (χ3n) is 0.226. The van der Waals surface area contributed by atoms with Crippen molar-refractivity contribution >= 4 is 11.6 Å². The lowest BCUT2D eigenvalue weighted by Gasteiger charge is -2.05. The maximum atomic E-state index is 11.2. The van der Waals surface area contributed by atoms with Crippen LogP contribution in [0.25, 0.3) is 0 Å². The molecule has 0 radical (unpaired) electrons. The summed E-state index contributed by atoms with van der Waals surface area (Å²) < 4.78 is 36.7. The van der Waals surface area contributed by atoms with Crippen molar-refractivity contribution in [2.45, 2.75) is 5.57 Å². The van der Waals surface area contributed by atoms with E-state index in [-0.39, 0.29) is 0 Å². The standard InChI is InChI=1S/C3H2ClF3O/c1-2(5)8-3(4,6)7/h1H2. The van der Waals surface area contributed by atoms with E-state index in [2.05, 4.69) is 22.9 Å². The van der Waals surface area contributed by atoms with Crippen LogP contribution < -0.4 is 0 Å². The number of alkyl halides is 3. The zero-order valence-electron chi connectivity index (χ0n) is 3.63. The number of hydrogen-bond donors (Lipinski definition) is 0. The first-order valence-corrected chi connectivity index (χ1v) is 1.90. The Kier molecular flexibility index (Phi) is 2.15. The molecule has 0 aromatic carbocycles. The van der Waals surface area contributed by atoms with Crippen molar-refractivity contribution in [1.29, 1.82) is 0 Å². The van der Waals surface area contributed by atoms with Gasteiger partial charge < -0.3 is 4.74 Å². The second-order valence-electron chi connectivity index (χ2n) is 0.903. The first-order valence-electron chi connectivity index (χ1n) is 1.52. The van der Waals surface area contributed by atoms with Crippen molar-refractivity contribution in [3.8, 4) is 0 Å². The lowest BCUT2D eigenvalue weighted by Crippen LogP contribution is -2.08. The quantitative estimate of drug-likeness (QED) is 0.429. The summed E-state index contributed by atoms with van der Waals surface area (Å²) in [6.07, 6.45) is 0. The van der Waals surface area contributed by atoms with Gasteiger partial charge >= 0.3 is 5.57 Å². The molecular weight excluding hydrogens is 144 g/mol.